The number of esters is 2. The maximum Gasteiger partial charge on any atom is 0.311 e. The number of ether oxygens (including phenoxy) is 2. The van der Waals surface area contributed by atoms with Gasteiger partial charge in [-0.1, -0.05) is 31.8 Å². The molecule has 11 atom stereocenters. The highest BCUT2D eigenvalue weighted by molar-refractivity contribution is 5.72. The van der Waals surface area contributed by atoms with Crippen LogP contribution in [-0.4, -0.2) is 53.6 Å². The molecule has 38 heavy (non-hydrogen) atoms. The molecule has 9 nitrogen and oxygen atoms in total. The molecule has 0 unspecified atom stereocenters. The van der Waals surface area contributed by atoms with Gasteiger partial charge in [-0.3, -0.25) is 9.59 Å². The smallest absolute Gasteiger partial charge is 0.311 e. The Morgan fingerprint density at radius 1 is 1.16 bits per heavy atom. The van der Waals surface area contributed by atoms with Crippen molar-refractivity contribution in [2.75, 3.05) is 13.2 Å². The maximum atomic E-state index is 12.0. The lowest BCUT2D eigenvalue weighted by Crippen LogP contribution is -2.62. The van der Waals surface area contributed by atoms with E-state index < -0.39 is 18.2 Å². The minimum Gasteiger partial charge on any atom is -0.462 e. The third-order valence-electron chi connectivity index (χ3n) is 11.2. The van der Waals surface area contributed by atoms with Crippen molar-refractivity contribution in [3.8, 4) is 12.3 Å². The minimum absolute atomic E-state index is 0.00517. The summed E-state index contributed by atoms with van der Waals surface area (Å²) in [4.78, 5) is 26.7. The Balaban J connectivity index is 1.46. The summed E-state index contributed by atoms with van der Waals surface area (Å²) in [5.74, 6) is 2.82. The quantitative estimate of drug-likeness (QED) is 0.157. The number of fused-ring (bicyclic) bond motifs is 5. The average Bonchev–Trinajstić information content (AvgIpc) is 3.24. The standard InChI is InChI=1S/C29H43N3O6/c1-5-12-37-25(35)9-6-17(2)20-7-8-21-27-22(15-24(34)29(20,21)4)28(3)11-10-19(13-18(28)14-23(27)33)38-26(36)16-31-32-30/h1,17-24,27,33-34H,6-16H2,2-4H3/t17-,18+,19-,20-,21+,22+,23-,24+,27+,28+,29-/m0/s1. The molecule has 210 valence electrons. The van der Waals surface area contributed by atoms with Gasteiger partial charge < -0.3 is 19.7 Å². The number of hydrogen-bond acceptors (Lipinski definition) is 7. The first-order valence-electron chi connectivity index (χ1n) is 14.2. The Morgan fingerprint density at radius 2 is 1.92 bits per heavy atom. The van der Waals surface area contributed by atoms with Gasteiger partial charge >= 0.3 is 11.9 Å². The van der Waals surface area contributed by atoms with Crippen molar-refractivity contribution in [1.29, 1.82) is 0 Å². The van der Waals surface area contributed by atoms with Crippen LogP contribution in [0.2, 0.25) is 0 Å². The molecule has 4 saturated carbocycles. The van der Waals surface area contributed by atoms with Crippen LogP contribution < -0.4 is 0 Å². The third kappa shape index (κ3) is 5.15. The molecule has 4 fully saturated rings. The molecule has 0 radical (unpaired) electrons. The van der Waals surface area contributed by atoms with Gasteiger partial charge in [0.1, 0.15) is 12.6 Å². The Kier molecular flexibility index (Phi) is 8.66. The van der Waals surface area contributed by atoms with Gasteiger partial charge in [0.15, 0.2) is 6.61 Å². The molecular formula is C29H43N3O6. The number of nitrogens with zero attached hydrogens (tertiary/aromatic N) is 3. The number of hydrogen-bond donors (Lipinski definition) is 2. The summed E-state index contributed by atoms with van der Waals surface area (Å²) in [6.07, 6.45) is 10.6. The monoisotopic (exact) mass is 529 g/mol. The number of carbonyl (C=O) groups excluding carboxylic acids is 2. The Morgan fingerprint density at radius 3 is 2.63 bits per heavy atom. The molecule has 0 aromatic heterocycles. The maximum absolute atomic E-state index is 12.0. The molecule has 4 aliphatic carbocycles. The van der Waals surface area contributed by atoms with Crippen molar-refractivity contribution in [1.82, 2.24) is 0 Å². The Hall–Kier alpha value is -2.27. The van der Waals surface area contributed by atoms with Crippen molar-refractivity contribution in [2.45, 2.75) is 96.9 Å². The predicted octanol–water partition coefficient (Wildman–Crippen LogP) is 4.40. The Labute approximate surface area is 225 Å². The fraction of sp³-hybridized carbons (Fsp3) is 0.862. The zero-order valence-corrected chi connectivity index (χ0v) is 22.9. The van der Waals surface area contributed by atoms with Crippen molar-refractivity contribution >= 4 is 11.9 Å². The van der Waals surface area contributed by atoms with E-state index in [9.17, 15) is 19.8 Å². The van der Waals surface area contributed by atoms with Crippen LogP contribution in [0.25, 0.3) is 10.4 Å². The van der Waals surface area contributed by atoms with Crippen LogP contribution in [0.1, 0.15) is 78.6 Å². The summed E-state index contributed by atoms with van der Waals surface area (Å²) in [5, 5.41) is 26.6. The molecule has 4 rings (SSSR count). The van der Waals surface area contributed by atoms with Crippen LogP contribution in [0.5, 0.6) is 0 Å². The number of terminal acetylenes is 1. The van der Waals surface area contributed by atoms with Gasteiger partial charge in [0.25, 0.3) is 0 Å². The van der Waals surface area contributed by atoms with Crippen LogP contribution in [0.3, 0.4) is 0 Å². The lowest BCUT2D eigenvalue weighted by atomic mass is 9.43. The van der Waals surface area contributed by atoms with E-state index in [1.807, 2.05) is 0 Å². The SMILES string of the molecule is C#CCOC(=O)CC[C@H](C)[C@@H]1CC[C@@H]2[C@@H]3[C@@H](C[C@@H](O)[C@]21C)[C@]1(C)CC[C@H](OC(=O)CN=[N+]=[N-])C[C@@H]1C[C@@H]3O. The van der Waals surface area contributed by atoms with Crippen LogP contribution in [0.4, 0.5) is 0 Å². The molecule has 2 N–H and O–H groups in total. The van der Waals surface area contributed by atoms with Gasteiger partial charge in [0, 0.05) is 11.3 Å². The second kappa shape index (κ2) is 11.5. The Bertz CT molecular complexity index is 991. The average molecular weight is 530 g/mol. The van der Waals surface area contributed by atoms with E-state index in [2.05, 4.69) is 36.7 Å². The van der Waals surface area contributed by atoms with Gasteiger partial charge in [-0.05, 0) is 103 Å². The number of azide groups is 1. The van der Waals surface area contributed by atoms with Gasteiger partial charge in [0.2, 0.25) is 0 Å². The zero-order valence-electron chi connectivity index (χ0n) is 22.9. The fourth-order valence-corrected chi connectivity index (χ4v) is 9.28. The minimum atomic E-state index is -0.509. The number of aliphatic hydroxyl groups is 2. The molecule has 0 saturated heterocycles. The normalized spacial score (nSPS) is 42.3. The first-order valence-corrected chi connectivity index (χ1v) is 14.2. The van der Waals surface area contributed by atoms with Gasteiger partial charge in [0.05, 0.1) is 12.2 Å². The first kappa shape index (κ1) is 28.7. The van der Waals surface area contributed by atoms with E-state index in [0.717, 1.165) is 25.7 Å². The number of carbonyl (C=O) groups is 2. The molecule has 0 spiro atoms. The van der Waals surface area contributed by atoms with Crippen LogP contribution in [0.15, 0.2) is 5.11 Å². The molecule has 0 aliphatic heterocycles. The highest BCUT2D eigenvalue weighted by atomic mass is 16.5. The largest absolute Gasteiger partial charge is 0.462 e. The van der Waals surface area contributed by atoms with Crippen LogP contribution in [-0.2, 0) is 19.1 Å². The molecule has 9 heteroatoms. The predicted molar refractivity (Wildman–Crippen MR) is 140 cm³/mol. The highest BCUT2D eigenvalue weighted by Crippen LogP contribution is 2.68. The van der Waals surface area contributed by atoms with Gasteiger partial charge in [-0.2, -0.15) is 0 Å². The van der Waals surface area contributed by atoms with Crippen molar-refractivity contribution in [3.05, 3.63) is 10.4 Å². The summed E-state index contributed by atoms with van der Waals surface area (Å²) in [6, 6.07) is 0. The summed E-state index contributed by atoms with van der Waals surface area (Å²) in [7, 11) is 0. The second-order valence-corrected chi connectivity index (χ2v) is 12.8. The van der Waals surface area contributed by atoms with E-state index in [0.29, 0.717) is 32.1 Å². The van der Waals surface area contributed by atoms with E-state index in [4.69, 9.17) is 21.4 Å². The van der Waals surface area contributed by atoms with E-state index in [1.165, 1.54) is 0 Å². The van der Waals surface area contributed by atoms with Crippen LogP contribution >= 0.6 is 0 Å². The molecule has 0 amide bonds. The topological polar surface area (TPSA) is 142 Å². The summed E-state index contributed by atoms with van der Waals surface area (Å²) < 4.78 is 10.6. The van der Waals surface area contributed by atoms with E-state index in [-0.39, 0.29) is 71.6 Å². The van der Waals surface area contributed by atoms with Crippen molar-refractivity contribution in [2.24, 2.45) is 51.5 Å². The fourth-order valence-electron chi connectivity index (χ4n) is 9.28. The lowest BCUT2D eigenvalue weighted by molar-refractivity contribution is -0.209. The lowest BCUT2D eigenvalue weighted by Gasteiger charge is -2.63. The molecule has 0 aromatic carbocycles. The molecule has 0 heterocycles. The first-order chi connectivity index (χ1) is 18.1. The second-order valence-electron chi connectivity index (χ2n) is 12.8. The van der Waals surface area contributed by atoms with Gasteiger partial charge in [-0.25, -0.2) is 0 Å². The van der Waals surface area contributed by atoms with E-state index in [1.54, 1.807) is 0 Å². The summed E-state index contributed by atoms with van der Waals surface area (Å²) in [5.41, 5.74) is 8.11. The molecular weight excluding hydrogens is 486 g/mol. The molecule has 0 aromatic rings. The summed E-state index contributed by atoms with van der Waals surface area (Å²) >= 11 is 0. The zero-order chi connectivity index (χ0) is 27.7. The van der Waals surface area contributed by atoms with Gasteiger partial charge in [-0.15, -0.1) is 6.42 Å². The highest BCUT2D eigenvalue weighted by Gasteiger charge is 2.65. The third-order valence-corrected chi connectivity index (χ3v) is 11.2. The summed E-state index contributed by atoms with van der Waals surface area (Å²) in [6.45, 7) is 6.38. The molecule has 0 bridgehead atoms. The molecule has 4 aliphatic rings. The van der Waals surface area contributed by atoms with Crippen molar-refractivity contribution in [3.63, 3.8) is 0 Å². The van der Waals surface area contributed by atoms with Crippen LogP contribution in [0, 0.1) is 58.7 Å². The number of rotatable bonds is 8. The number of aliphatic hydroxyl groups excluding tert-OH is 2. The van der Waals surface area contributed by atoms with Crippen molar-refractivity contribution < 1.29 is 29.3 Å². The van der Waals surface area contributed by atoms with E-state index >= 15 is 0 Å².